The molecule has 5 heteroatoms. The molecule has 1 aliphatic heterocycles. The van der Waals surface area contributed by atoms with Gasteiger partial charge in [-0.15, -0.1) is 0 Å². The van der Waals surface area contributed by atoms with Crippen LogP contribution >= 0.6 is 0 Å². The van der Waals surface area contributed by atoms with Gasteiger partial charge in [0.2, 0.25) is 5.91 Å². The van der Waals surface area contributed by atoms with Crippen molar-refractivity contribution in [2.45, 2.75) is 39.8 Å². The third-order valence-electron chi connectivity index (χ3n) is 4.78. The highest BCUT2D eigenvalue weighted by atomic mass is 19.1. The van der Waals surface area contributed by atoms with Crippen LogP contribution in [0.3, 0.4) is 0 Å². The molecule has 1 aliphatic rings. The Hall–Kier alpha value is -1.88. The van der Waals surface area contributed by atoms with E-state index >= 15 is 0 Å². The monoisotopic (exact) mass is 332 g/mol. The third-order valence-corrected chi connectivity index (χ3v) is 4.78. The largest absolute Gasteiger partial charge is 0.460 e. The molecule has 1 fully saturated rings. The molecule has 1 N–H and O–H groups in total. The third kappa shape index (κ3) is 3.61. The number of likely N-dealkylation sites (tertiary alicyclic amines) is 1. The predicted octanol–water partition coefficient (Wildman–Crippen LogP) is 3.55. The lowest BCUT2D eigenvalue weighted by atomic mass is 9.93. The molecule has 1 amide bonds. The minimum Gasteiger partial charge on any atom is -0.460 e. The summed E-state index contributed by atoms with van der Waals surface area (Å²) in [7, 11) is 0. The fourth-order valence-electron chi connectivity index (χ4n) is 3.40. The number of furan rings is 1. The van der Waals surface area contributed by atoms with Gasteiger partial charge in [0.1, 0.15) is 17.2 Å². The lowest BCUT2D eigenvalue weighted by Gasteiger charge is -2.38. The number of hydrogen-bond donors (Lipinski definition) is 1. The van der Waals surface area contributed by atoms with Gasteiger partial charge in [0, 0.05) is 30.4 Å². The van der Waals surface area contributed by atoms with Crippen molar-refractivity contribution in [3.63, 3.8) is 0 Å². The summed E-state index contributed by atoms with van der Waals surface area (Å²) in [5, 5.41) is 4.32. The van der Waals surface area contributed by atoms with E-state index in [1.54, 1.807) is 6.07 Å². The highest BCUT2D eigenvalue weighted by molar-refractivity contribution is 5.78. The average Bonchev–Trinajstić information content (AvgIpc) is 2.94. The molecule has 1 aromatic carbocycles. The topological polar surface area (TPSA) is 45.5 Å². The molecule has 2 aromatic rings. The van der Waals surface area contributed by atoms with Gasteiger partial charge >= 0.3 is 0 Å². The van der Waals surface area contributed by atoms with Crippen LogP contribution < -0.4 is 5.32 Å². The maximum atomic E-state index is 13.2. The molecule has 1 aromatic heterocycles. The zero-order chi connectivity index (χ0) is 17.3. The number of amides is 1. The van der Waals surface area contributed by atoms with Gasteiger partial charge < -0.3 is 14.6 Å². The summed E-state index contributed by atoms with van der Waals surface area (Å²) in [6, 6.07) is 6.79. The molecule has 3 rings (SSSR count). The van der Waals surface area contributed by atoms with Gasteiger partial charge in [-0.3, -0.25) is 4.79 Å². The fraction of sp³-hybridized carbons (Fsp3) is 0.526. The number of fused-ring (bicyclic) bond motifs is 1. The van der Waals surface area contributed by atoms with Crippen LogP contribution in [0, 0.1) is 17.7 Å². The number of hydrogen-bond acceptors (Lipinski definition) is 3. The van der Waals surface area contributed by atoms with Crippen LogP contribution in [0.2, 0.25) is 0 Å². The molecule has 0 bridgehead atoms. The molecule has 0 aliphatic carbocycles. The normalized spacial score (nSPS) is 21.6. The van der Waals surface area contributed by atoms with Crippen LogP contribution in [0.5, 0.6) is 0 Å². The Labute approximate surface area is 142 Å². The van der Waals surface area contributed by atoms with E-state index in [4.69, 9.17) is 4.42 Å². The summed E-state index contributed by atoms with van der Waals surface area (Å²) in [6.07, 6.45) is 0.939. The summed E-state index contributed by atoms with van der Waals surface area (Å²) in [5.74, 6) is 1.24. The van der Waals surface area contributed by atoms with Crippen LogP contribution in [0.25, 0.3) is 11.0 Å². The molecule has 0 spiro atoms. The van der Waals surface area contributed by atoms with Crippen molar-refractivity contribution in [3.05, 3.63) is 35.8 Å². The van der Waals surface area contributed by atoms with Gasteiger partial charge in [0.15, 0.2) is 0 Å². The second kappa shape index (κ2) is 6.93. The number of nitrogens with one attached hydrogen (secondary N) is 1. The van der Waals surface area contributed by atoms with E-state index in [0.717, 1.165) is 30.7 Å². The maximum Gasteiger partial charge on any atom is 0.225 e. The molecule has 4 nitrogen and oxygen atoms in total. The van der Waals surface area contributed by atoms with Crippen molar-refractivity contribution in [2.24, 2.45) is 11.8 Å². The smallest absolute Gasteiger partial charge is 0.225 e. The van der Waals surface area contributed by atoms with Crippen LogP contribution in [0.1, 0.15) is 33.0 Å². The molecule has 2 unspecified atom stereocenters. The van der Waals surface area contributed by atoms with Crippen LogP contribution in [-0.4, -0.2) is 29.9 Å². The highest BCUT2D eigenvalue weighted by Crippen LogP contribution is 2.22. The van der Waals surface area contributed by atoms with Crippen LogP contribution in [0.4, 0.5) is 4.39 Å². The molecule has 0 radical (unpaired) electrons. The standard InChI is InChI=1S/C19H25FN2O2/c1-12(2)19(23)22-7-6-17(13(3)11-22)21-10-16-9-14-8-15(20)4-5-18(14)24-16/h4-5,8-9,12-13,17,21H,6-7,10-11H2,1-3H3. The van der Waals surface area contributed by atoms with Crippen molar-refractivity contribution in [3.8, 4) is 0 Å². The van der Waals surface area contributed by atoms with Crippen molar-refractivity contribution >= 4 is 16.9 Å². The Morgan fingerprint density at radius 1 is 1.42 bits per heavy atom. The van der Waals surface area contributed by atoms with E-state index in [1.807, 2.05) is 24.8 Å². The molecule has 2 heterocycles. The van der Waals surface area contributed by atoms with Gasteiger partial charge in [-0.1, -0.05) is 20.8 Å². The Morgan fingerprint density at radius 3 is 2.92 bits per heavy atom. The summed E-state index contributed by atoms with van der Waals surface area (Å²) >= 11 is 0. The SMILES string of the molecule is CC(C)C(=O)N1CCC(NCc2cc3cc(F)ccc3o2)C(C)C1. The molecule has 0 saturated carbocycles. The van der Waals surface area contributed by atoms with Crippen LogP contribution in [-0.2, 0) is 11.3 Å². The minimum atomic E-state index is -0.251. The molecular weight excluding hydrogens is 307 g/mol. The van der Waals surface area contributed by atoms with Gasteiger partial charge in [-0.05, 0) is 36.6 Å². The molecule has 24 heavy (non-hydrogen) atoms. The van der Waals surface area contributed by atoms with Crippen molar-refractivity contribution < 1.29 is 13.6 Å². The maximum absolute atomic E-state index is 13.2. The number of piperidine rings is 1. The highest BCUT2D eigenvalue weighted by Gasteiger charge is 2.29. The van der Waals surface area contributed by atoms with Gasteiger partial charge in [0.05, 0.1) is 6.54 Å². The number of carbonyl (C=O) groups is 1. The summed E-state index contributed by atoms with van der Waals surface area (Å²) in [4.78, 5) is 14.1. The molecular formula is C19H25FN2O2. The van der Waals surface area contributed by atoms with Gasteiger partial charge in [-0.25, -0.2) is 4.39 Å². The second-order valence-electron chi connectivity index (χ2n) is 7.09. The summed E-state index contributed by atoms with van der Waals surface area (Å²) < 4.78 is 19.0. The first kappa shape index (κ1) is 17.0. The quantitative estimate of drug-likeness (QED) is 0.931. The van der Waals surface area contributed by atoms with E-state index in [1.165, 1.54) is 12.1 Å². The van der Waals surface area contributed by atoms with E-state index in [0.29, 0.717) is 24.1 Å². The van der Waals surface area contributed by atoms with E-state index in [9.17, 15) is 9.18 Å². The zero-order valence-electron chi connectivity index (χ0n) is 14.5. The summed E-state index contributed by atoms with van der Waals surface area (Å²) in [5.41, 5.74) is 0.707. The number of nitrogens with zero attached hydrogens (tertiary/aromatic N) is 1. The van der Waals surface area contributed by atoms with Crippen molar-refractivity contribution in [1.29, 1.82) is 0 Å². The first-order valence-electron chi connectivity index (χ1n) is 8.64. The Kier molecular flexibility index (Phi) is 4.90. The fourth-order valence-corrected chi connectivity index (χ4v) is 3.40. The Balaban J connectivity index is 1.57. The number of halogens is 1. The zero-order valence-corrected chi connectivity index (χ0v) is 14.5. The average molecular weight is 332 g/mol. The predicted molar refractivity (Wildman–Crippen MR) is 92.0 cm³/mol. The molecule has 1 saturated heterocycles. The minimum absolute atomic E-state index is 0.0534. The number of rotatable bonds is 4. The van der Waals surface area contributed by atoms with E-state index in [-0.39, 0.29) is 17.6 Å². The molecule has 2 atom stereocenters. The summed E-state index contributed by atoms with van der Waals surface area (Å²) in [6.45, 7) is 8.27. The number of carbonyl (C=O) groups excluding carboxylic acids is 1. The van der Waals surface area contributed by atoms with Crippen molar-refractivity contribution in [2.75, 3.05) is 13.1 Å². The van der Waals surface area contributed by atoms with E-state index in [2.05, 4.69) is 12.2 Å². The van der Waals surface area contributed by atoms with Gasteiger partial charge in [0.25, 0.3) is 0 Å². The second-order valence-corrected chi connectivity index (χ2v) is 7.09. The van der Waals surface area contributed by atoms with Crippen LogP contribution in [0.15, 0.2) is 28.7 Å². The Bertz CT molecular complexity index is 725. The first-order valence-corrected chi connectivity index (χ1v) is 8.64. The Morgan fingerprint density at radius 2 is 2.21 bits per heavy atom. The molecule has 130 valence electrons. The van der Waals surface area contributed by atoms with Gasteiger partial charge in [-0.2, -0.15) is 0 Å². The lowest BCUT2D eigenvalue weighted by molar-refractivity contribution is -0.136. The van der Waals surface area contributed by atoms with E-state index < -0.39 is 0 Å². The number of benzene rings is 1. The lowest BCUT2D eigenvalue weighted by Crippen LogP contribution is -2.50. The first-order chi connectivity index (χ1) is 11.4. The van der Waals surface area contributed by atoms with Crippen molar-refractivity contribution in [1.82, 2.24) is 10.2 Å².